The maximum Gasteiger partial charge on any atom is 0.433 e. The Labute approximate surface area is 184 Å². The molecule has 4 rings (SSSR count). The molecule has 1 aliphatic rings. The Kier molecular flexibility index (Phi) is 6.08. The van der Waals surface area contributed by atoms with Crippen LogP contribution in [-0.2, 0) is 17.5 Å². The number of piperidine rings is 1. The molecule has 0 bridgehead atoms. The van der Waals surface area contributed by atoms with E-state index in [9.17, 15) is 18.0 Å². The Morgan fingerprint density at radius 3 is 2.72 bits per heavy atom. The number of H-pyrrole nitrogens is 1. The smallest absolute Gasteiger partial charge is 0.356 e. The number of para-hydroxylation sites is 1. The number of carbonyl (C=O) groups is 1. The average molecular weight is 445 g/mol. The third kappa shape index (κ3) is 4.56. The van der Waals surface area contributed by atoms with Gasteiger partial charge in [-0.05, 0) is 37.3 Å². The second-order valence-electron chi connectivity index (χ2n) is 8.47. The molecule has 1 amide bonds. The van der Waals surface area contributed by atoms with E-state index < -0.39 is 17.8 Å². The highest BCUT2D eigenvalue weighted by Crippen LogP contribution is 2.32. The van der Waals surface area contributed by atoms with Crippen LogP contribution in [-0.4, -0.2) is 34.2 Å². The number of amides is 1. The summed E-state index contributed by atoms with van der Waals surface area (Å²) in [5.74, 6) is 0.160. The van der Waals surface area contributed by atoms with E-state index in [0.717, 1.165) is 35.4 Å². The van der Waals surface area contributed by atoms with Crippen LogP contribution in [0.5, 0.6) is 0 Å². The minimum atomic E-state index is -4.52. The number of alkyl halides is 3. The molecular weight excluding hydrogens is 419 g/mol. The third-order valence-electron chi connectivity index (χ3n) is 6.15. The van der Waals surface area contributed by atoms with E-state index in [1.165, 1.54) is 6.07 Å². The van der Waals surface area contributed by atoms with Gasteiger partial charge in [-0.25, -0.2) is 4.98 Å². The third-order valence-corrected chi connectivity index (χ3v) is 6.15. The first kappa shape index (κ1) is 22.1. The molecule has 0 spiro atoms. The number of nitrogens with one attached hydrogen (secondary N) is 2. The van der Waals surface area contributed by atoms with E-state index in [1.807, 2.05) is 23.1 Å². The summed E-state index contributed by atoms with van der Waals surface area (Å²) in [6.07, 6.45) is -1.02. The van der Waals surface area contributed by atoms with Crippen molar-refractivity contribution in [1.82, 2.24) is 20.5 Å². The Balaban J connectivity index is 1.54. The fraction of sp³-hybridized carbons (Fsp3) is 0.435. The summed E-state index contributed by atoms with van der Waals surface area (Å²) in [4.78, 5) is 18.7. The molecule has 9 heteroatoms. The maximum atomic E-state index is 13.3. The minimum absolute atomic E-state index is 0.106. The van der Waals surface area contributed by atoms with Crippen molar-refractivity contribution in [3.05, 3.63) is 53.3 Å². The van der Waals surface area contributed by atoms with Crippen LogP contribution in [0.1, 0.15) is 49.4 Å². The van der Waals surface area contributed by atoms with Gasteiger partial charge in [0.25, 0.3) is 0 Å². The lowest BCUT2D eigenvalue weighted by atomic mass is 9.97. The Hall–Kier alpha value is -3.10. The van der Waals surface area contributed by atoms with Crippen LogP contribution in [0.15, 0.2) is 36.5 Å². The number of aromatic nitrogens is 3. The van der Waals surface area contributed by atoms with E-state index >= 15 is 0 Å². The van der Waals surface area contributed by atoms with Crippen molar-refractivity contribution in [2.24, 2.45) is 5.92 Å². The number of aromatic amines is 1. The summed E-state index contributed by atoms with van der Waals surface area (Å²) in [6.45, 7) is 5.33. The van der Waals surface area contributed by atoms with Gasteiger partial charge in [0.15, 0.2) is 0 Å². The van der Waals surface area contributed by atoms with Crippen LogP contribution in [0.4, 0.5) is 19.0 Å². The number of hydrogen-bond donors (Lipinski definition) is 2. The molecule has 170 valence electrons. The van der Waals surface area contributed by atoms with Crippen LogP contribution < -0.4 is 10.2 Å². The molecule has 1 atom stereocenters. The normalized spacial score (nSPS) is 16.3. The zero-order chi connectivity index (χ0) is 22.9. The van der Waals surface area contributed by atoms with Crippen LogP contribution >= 0.6 is 0 Å². The predicted molar refractivity (Wildman–Crippen MR) is 116 cm³/mol. The van der Waals surface area contributed by atoms with Gasteiger partial charge in [-0.3, -0.25) is 9.89 Å². The molecule has 2 aromatic heterocycles. The Morgan fingerprint density at radius 1 is 1.25 bits per heavy atom. The number of carbonyl (C=O) groups excluding carboxylic acids is 1. The summed E-state index contributed by atoms with van der Waals surface area (Å²) < 4.78 is 39.8. The molecule has 3 aromatic rings. The van der Waals surface area contributed by atoms with Gasteiger partial charge in [0.05, 0.1) is 17.6 Å². The molecule has 0 aliphatic carbocycles. The molecule has 32 heavy (non-hydrogen) atoms. The van der Waals surface area contributed by atoms with Crippen LogP contribution in [0.3, 0.4) is 0 Å². The zero-order valence-electron chi connectivity index (χ0n) is 18.0. The molecule has 6 nitrogen and oxygen atoms in total. The first-order chi connectivity index (χ1) is 15.2. The molecule has 2 N–H and O–H groups in total. The fourth-order valence-corrected chi connectivity index (χ4v) is 4.10. The monoisotopic (exact) mass is 445 g/mol. The zero-order valence-corrected chi connectivity index (χ0v) is 18.0. The van der Waals surface area contributed by atoms with Gasteiger partial charge >= 0.3 is 6.18 Å². The quantitative estimate of drug-likeness (QED) is 0.601. The minimum Gasteiger partial charge on any atom is -0.356 e. The summed E-state index contributed by atoms with van der Waals surface area (Å²) in [6, 6.07) is 8.04. The summed E-state index contributed by atoms with van der Waals surface area (Å²) in [5, 5.41) is 10.7. The molecule has 0 radical (unpaired) electrons. The number of rotatable bonds is 5. The van der Waals surface area contributed by atoms with Gasteiger partial charge in [-0.15, -0.1) is 0 Å². The van der Waals surface area contributed by atoms with Crippen molar-refractivity contribution < 1.29 is 18.0 Å². The number of anilines is 1. The highest BCUT2D eigenvalue weighted by molar-refractivity contribution is 5.90. The van der Waals surface area contributed by atoms with Crippen LogP contribution in [0, 0.1) is 5.92 Å². The number of fused-ring (bicyclic) bond motifs is 1. The lowest BCUT2D eigenvalue weighted by Crippen LogP contribution is -2.35. The van der Waals surface area contributed by atoms with E-state index in [1.54, 1.807) is 13.1 Å². The largest absolute Gasteiger partial charge is 0.433 e. The first-order valence-electron chi connectivity index (χ1n) is 10.8. The second-order valence-corrected chi connectivity index (χ2v) is 8.47. The highest BCUT2D eigenvalue weighted by Gasteiger charge is 2.34. The Morgan fingerprint density at radius 2 is 2.00 bits per heavy atom. The van der Waals surface area contributed by atoms with Gasteiger partial charge in [-0.1, -0.05) is 31.2 Å². The second kappa shape index (κ2) is 8.80. The molecular formula is C23H26F3N5O. The SMILES string of the molecule is CC1CCN(c2nc(C(F)(F)F)ccc2CNC(=O)C(C)c2cccc3cn[nH]c23)CC1. The van der Waals surface area contributed by atoms with E-state index in [0.29, 0.717) is 30.4 Å². The number of nitrogens with zero attached hydrogens (tertiary/aromatic N) is 3. The molecule has 1 fully saturated rings. The number of pyridine rings is 1. The van der Waals surface area contributed by atoms with Crippen molar-refractivity contribution >= 4 is 22.6 Å². The van der Waals surface area contributed by atoms with E-state index in [2.05, 4.69) is 27.4 Å². The fourth-order valence-electron chi connectivity index (χ4n) is 4.10. The summed E-state index contributed by atoms with van der Waals surface area (Å²) >= 11 is 0. The molecule has 1 unspecified atom stereocenters. The van der Waals surface area contributed by atoms with E-state index in [4.69, 9.17) is 0 Å². The van der Waals surface area contributed by atoms with Gasteiger partial charge in [-0.2, -0.15) is 18.3 Å². The predicted octanol–water partition coefficient (Wildman–Crippen LogP) is 4.63. The summed E-state index contributed by atoms with van der Waals surface area (Å²) in [5.41, 5.74) is 1.27. The number of hydrogen-bond acceptors (Lipinski definition) is 4. The van der Waals surface area contributed by atoms with Crippen molar-refractivity contribution in [3.8, 4) is 0 Å². The summed E-state index contributed by atoms with van der Waals surface area (Å²) in [7, 11) is 0. The average Bonchev–Trinajstić information content (AvgIpc) is 3.26. The van der Waals surface area contributed by atoms with Gasteiger partial charge in [0, 0.05) is 30.6 Å². The van der Waals surface area contributed by atoms with Crippen molar-refractivity contribution in [2.75, 3.05) is 18.0 Å². The Bertz CT molecular complexity index is 1100. The van der Waals surface area contributed by atoms with Gasteiger partial charge in [0.1, 0.15) is 11.5 Å². The molecule has 1 aliphatic heterocycles. The highest BCUT2D eigenvalue weighted by atomic mass is 19.4. The van der Waals surface area contributed by atoms with Crippen LogP contribution in [0.2, 0.25) is 0 Å². The molecule has 0 saturated carbocycles. The lowest BCUT2D eigenvalue weighted by Gasteiger charge is -2.33. The lowest BCUT2D eigenvalue weighted by molar-refractivity contribution is -0.141. The molecule has 1 aromatic carbocycles. The maximum absolute atomic E-state index is 13.3. The van der Waals surface area contributed by atoms with Gasteiger partial charge in [0.2, 0.25) is 5.91 Å². The van der Waals surface area contributed by atoms with Crippen LogP contribution in [0.25, 0.3) is 10.9 Å². The van der Waals surface area contributed by atoms with Crippen molar-refractivity contribution in [2.45, 2.75) is 45.3 Å². The standard InChI is InChI=1S/C23H26F3N5O/c1-14-8-10-31(11-9-14)21-17(6-7-19(29-21)23(24,25)26)12-27-22(32)15(2)18-5-3-4-16-13-28-30-20(16)18/h3-7,13-15H,8-12H2,1-2H3,(H,27,32)(H,28,30). The molecule has 3 heterocycles. The van der Waals surface area contributed by atoms with E-state index in [-0.39, 0.29) is 12.5 Å². The number of benzene rings is 1. The topological polar surface area (TPSA) is 73.9 Å². The van der Waals surface area contributed by atoms with Crippen molar-refractivity contribution in [3.63, 3.8) is 0 Å². The number of halogens is 3. The van der Waals surface area contributed by atoms with Crippen molar-refractivity contribution in [1.29, 1.82) is 0 Å². The first-order valence-corrected chi connectivity index (χ1v) is 10.8. The molecule has 1 saturated heterocycles. The van der Waals surface area contributed by atoms with Gasteiger partial charge < -0.3 is 10.2 Å².